The second-order valence-corrected chi connectivity index (χ2v) is 7.81. The average Bonchev–Trinajstić information content (AvgIpc) is 3.38. The van der Waals surface area contributed by atoms with E-state index in [9.17, 15) is 9.59 Å². The molecule has 3 heterocycles. The van der Waals surface area contributed by atoms with Gasteiger partial charge in [-0.2, -0.15) is 0 Å². The second-order valence-electron chi connectivity index (χ2n) is 7.81. The Morgan fingerprint density at radius 1 is 1.28 bits per heavy atom. The Morgan fingerprint density at radius 2 is 2.09 bits per heavy atom. The molecular formula is C23H22N6O3. The number of fused-ring (bicyclic) bond motifs is 2. The van der Waals surface area contributed by atoms with Crippen molar-refractivity contribution in [3.63, 3.8) is 0 Å². The average molecular weight is 430 g/mol. The van der Waals surface area contributed by atoms with Gasteiger partial charge >= 0.3 is 0 Å². The summed E-state index contributed by atoms with van der Waals surface area (Å²) in [5.74, 6) is 0.641. The van der Waals surface area contributed by atoms with Crippen LogP contribution in [0.15, 0.2) is 55.0 Å². The number of ether oxygens (including phenoxy) is 1. The van der Waals surface area contributed by atoms with E-state index in [1.165, 1.54) is 4.90 Å². The molecule has 1 atom stereocenters. The number of aromatic amines is 1. The highest BCUT2D eigenvalue weighted by Crippen LogP contribution is 2.34. The van der Waals surface area contributed by atoms with Crippen LogP contribution in [0.3, 0.4) is 0 Å². The number of aromatic nitrogens is 4. The lowest BCUT2D eigenvalue weighted by Crippen LogP contribution is -2.49. The quantitative estimate of drug-likeness (QED) is 0.517. The Balaban J connectivity index is 1.31. The topological polar surface area (TPSA) is 105 Å². The van der Waals surface area contributed by atoms with Crippen molar-refractivity contribution in [1.82, 2.24) is 24.8 Å². The molecule has 0 unspecified atom stereocenters. The number of likely N-dealkylation sites (N-methyl/N-ethyl adjacent to an activating group) is 1. The fourth-order valence-corrected chi connectivity index (χ4v) is 3.82. The molecule has 0 aliphatic carbocycles. The molecule has 0 fully saturated rings. The summed E-state index contributed by atoms with van der Waals surface area (Å²) in [4.78, 5) is 39.1. The van der Waals surface area contributed by atoms with Crippen molar-refractivity contribution in [2.24, 2.45) is 0 Å². The van der Waals surface area contributed by atoms with Crippen LogP contribution in [0.4, 0.5) is 5.69 Å². The van der Waals surface area contributed by atoms with Gasteiger partial charge in [0.2, 0.25) is 0 Å². The molecule has 0 saturated carbocycles. The van der Waals surface area contributed by atoms with Crippen molar-refractivity contribution in [2.75, 3.05) is 18.6 Å². The van der Waals surface area contributed by atoms with Crippen molar-refractivity contribution in [3.05, 3.63) is 72.1 Å². The summed E-state index contributed by atoms with van der Waals surface area (Å²) in [7, 11) is 1.66. The summed E-state index contributed by atoms with van der Waals surface area (Å²) in [5.41, 5.74) is 3.53. The highest BCUT2D eigenvalue weighted by molar-refractivity contribution is 6.04. The van der Waals surface area contributed by atoms with Crippen molar-refractivity contribution in [2.45, 2.75) is 19.5 Å². The highest BCUT2D eigenvalue weighted by Gasteiger charge is 2.31. The van der Waals surface area contributed by atoms with Crippen LogP contribution in [0.5, 0.6) is 5.75 Å². The van der Waals surface area contributed by atoms with E-state index in [-0.39, 0.29) is 18.2 Å². The zero-order valence-electron chi connectivity index (χ0n) is 17.7. The van der Waals surface area contributed by atoms with Crippen LogP contribution >= 0.6 is 0 Å². The molecule has 0 saturated heterocycles. The number of carbonyl (C=O) groups excluding carboxylic acids is 2. The fraction of sp³-hybridized carbons (Fsp3) is 0.217. The zero-order valence-corrected chi connectivity index (χ0v) is 17.7. The lowest BCUT2D eigenvalue weighted by molar-refractivity contribution is -0.120. The van der Waals surface area contributed by atoms with Crippen LogP contribution in [-0.4, -0.2) is 51.0 Å². The van der Waals surface area contributed by atoms with Gasteiger partial charge in [0.25, 0.3) is 11.8 Å². The Hall–Kier alpha value is -4.14. The Morgan fingerprint density at radius 3 is 2.91 bits per heavy atom. The largest absolute Gasteiger partial charge is 0.489 e. The number of H-pyrrole nitrogens is 1. The standard InChI is InChI=1S/C23H22N6O3/c1-14-25-16-8-20-21(9-17(16)26-14)32-12-19(23(31)28(20)2)27-22(30)18-11-29(13-24-18)10-15-6-4-3-5-7-15/h3-9,11,13,19H,10,12H2,1-2H3,(H,25,26)(H,27,30)/t19-/m0/s1. The van der Waals surface area contributed by atoms with E-state index < -0.39 is 11.9 Å². The van der Waals surface area contributed by atoms with Crippen molar-refractivity contribution in [3.8, 4) is 5.75 Å². The van der Waals surface area contributed by atoms with E-state index >= 15 is 0 Å². The van der Waals surface area contributed by atoms with Gasteiger partial charge in [-0.25, -0.2) is 9.97 Å². The number of rotatable bonds is 4. The summed E-state index contributed by atoms with van der Waals surface area (Å²) in [6.07, 6.45) is 3.27. The maximum absolute atomic E-state index is 13.0. The maximum atomic E-state index is 13.0. The van der Waals surface area contributed by atoms with Crippen LogP contribution in [0.25, 0.3) is 11.0 Å². The number of amides is 2. The minimum Gasteiger partial charge on any atom is -0.489 e. The van der Waals surface area contributed by atoms with Gasteiger partial charge in [-0.15, -0.1) is 0 Å². The third-order valence-corrected chi connectivity index (χ3v) is 5.46. The van der Waals surface area contributed by atoms with Crippen molar-refractivity contribution >= 4 is 28.5 Å². The molecule has 1 aliphatic rings. The van der Waals surface area contributed by atoms with E-state index in [4.69, 9.17) is 4.74 Å². The molecule has 0 spiro atoms. The third kappa shape index (κ3) is 3.68. The van der Waals surface area contributed by atoms with Crippen LogP contribution in [0.2, 0.25) is 0 Å². The molecule has 32 heavy (non-hydrogen) atoms. The van der Waals surface area contributed by atoms with Crippen LogP contribution in [-0.2, 0) is 11.3 Å². The van der Waals surface area contributed by atoms with Crippen molar-refractivity contribution < 1.29 is 14.3 Å². The maximum Gasteiger partial charge on any atom is 0.272 e. The molecule has 5 rings (SSSR count). The minimum atomic E-state index is -0.841. The smallest absolute Gasteiger partial charge is 0.272 e. The van der Waals surface area contributed by atoms with E-state index in [1.54, 1.807) is 19.6 Å². The summed E-state index contributed by atoms with van der Waals surface area (Å²) in [6, 6.07) is 12.7. The lowest BCUT2D eigenvalue weighted by Gasteiger charge is -2.20. The van der Waals surface area contributed by atoms with Crippen LogP contribution in [0.1, 0.15) is 21.9 Å². The zero-order chi connectivity index (χ0) is 22.2. The molecule has 2 aromatic heterocycles. The molecule has 0 radical (unpaired) electrons. The number of benzene rings is 2. The van der Waals surface area contributed by atoms with Gasteiger partial charge in [0.15, 0.2) is 0 Å². The summed E-state index contributed by atoms with van der Waals surface area (Å²) < 4.78 is 7.72. The normalized spacial score (nSPS) is 15.9. The van der Waals surface area contributed by atoms with Crippen molar-refractivity contribution in [1.29, 1.82) is 0 Å². The van der Waals surface area contributed by atoms with E-state index in [0.717, 1.165) is 22.4 Å². The predicted octanol–water partition coefficient (Wildman–Crippen LogP) is 2.27. The summed E-state index contributed by atoms with van der Waals surface area (Å²) >= 11 is 0. The monoisotopic (exact) mass is 430 g/mol. The minimum absolute atomic E-state index is 0.0191. The molecule has 2 aromatic carbocycles. The first-order chi connectivity index (χ1) is 15.5. The Bertz CT molecular complexity index is 1310. The molecule has 9 nitrogen and oxygen atoms in total. The molecule has 0 bridgehead atoms. The first-order valence-corrected chi connectivity index (χ1v) is 10.3. The Labute approximate surface area is 184 Å². The number of hydrogen-bond donors (Lipinski definition) is 2. The van der Waals surface area contributed by atoms with Gasteiger partial charge in [0.05, 0.1) is 23.0 Å². The van der Waals surface area contributed by atoms with Crippen LogP contribution < -0.4 is 15.0 Å². The molecule has 4 aromatic rings. The van der Waals surface area contributed by atoms with Crippen LogP contribution in [0, 0.1) is 6.92 Å². The number of carbonyl (C=O) groups is 2. The first-order valence-electron chi connectivity index (χ1n) is 10.3. The predicted molar refractivity (Wildman–Crippen MR) is 119 cm³/mol. The number of anilines is 1. The molecule has 2 N–H and O–H groups in total. The number of aryl methyl sites for hydroxylation is 1. The summed E-state index contributed by atoms with van der Waals surface area (Å²) in [5, 5.41) is 2.76. The molecule has 1 aliphatic heterocycles. The van der Waals surface area contributed by atoms with E-state index in [2.05, 4.69) is 20.3 Å². The number of imidazole rings is 2. The van der Waals surface area contributed by atoms with E-state index in [1.807, 2.05) is 54.0 Å². The molecule has 2 amide bonds. The number of hydrogen-bond acceptors (Lipinski definition) is 5. The van der Waals surface area contributed by atoms with E-state index in [0.29, 0.717) is 18.0 Å². The SMILES string of the molecule is Cc1nc2cc3c(cc2[nH]1)OC[C@H](NC(=O)c1cn(Cc2ccccc2)cn1)C(=O)N3C. The highest BCUT2D eigenvalue weighted by atomic mass is 16.5. The van der Waals surface area contributed by atoms with Gasteiger partial charge < -0.3 is 24.5 Å². The van der Waals surface area contributed by atoms with Gasteiger partial charge in [-0.05, 0) is 18.6 Å². The molecule has 9 heteroatoms. The number of nitrogens with zero attached hydrogens (tertiary/aromatic N) is 4. The summed E-state index contributed by atoms with van der Waals surface area (Å²) in [6.45, 7) is 2.49. The van der Waals surface area contributed by atoms with Gasteiger partial charge in [0.1, 0.15) is 29.9 Å². The Kier molecular flexibility index (Phi) is 4.85. The molecule has 162 valence electrons. The lowest BCUT2D eigenvalue weighted by atomic mass is 10.2. The second kappa shape index (κ2) is 7.84. The number of nitrogens with one attached hydrogen (secondary N) is 2. The first kappa shape index (κ1) is 19.8. The van der Waals surface area contributed by atoms with Gasteiger partial charge in [0, 0.05) is 25.9 Å². The van der Waals surface area contributed by atoms with Gasteiger partial charge in [-0.3, -0.25) is 9.59 Å². The fourth-order valence-electron chi connectivity index (χ4n) is 3.82. The van der Waals surface area contributed by atoms with Gasteiger partial charge in [-0.1, -0.05) is 30.3 Å². The third-order valence-electron chi connectivity index (χ3n) is 5.46. The molecular weight excluding hydrogens is 408 g/mol.